The maximum absolute atomic E-state index is 12.3. The molecule has 1 aromatic heterocycles. The Bertz CT molecular complexity index is 562. The van der Waals surface area contributed by atoms with Crippen LogP contribution in [0.1, 0.15) is 42.5 Å². The van der Waals surface area contributed by atoms with Gasteiger partial charge in [0.2, 0.25) is 0 Å². The fourth-order valence-electron chi connectivity index (χ4n) is 2.57. The average molecular weight is 283 g/mol. The van der Waals surface area contributed by atoms with E-state index in [4.69, 9.17) is 5.11 Å². The van der Waals surface area contributed by atoms with E-state index in [0.717, 1.165) is 38.3 Å². The predicted molar refractivity (Wildman–Crippen MR) is 69.8 cm³/mol. The van der Waals surface area contributed by atoms with E-state index in [1.807, 2.05) is 0 Å². The summed E-state index contributed by atoms with van der Waals surface area (Å²) in [5.41, 5.74) is -0.238. The molecule has 0 atom stereocenters. The van der Waals surface area contributed by atoms with Crippen molar-refractivity contribution in [3.8, 4) is 0 Å². The first-order chi connectivity index (χ1) is 9.00. The van der Waals surface area contributed by atoms with Gasteiger partial charge in [-0.3, -0.25) is 4.98 Å². The summed E-state index contributed by atoms with van der Waals surface area (Å²) in [5.74, 6) is -1.07. The SMILES string of the molecule is O=C(O)c1cnccc1S(=O)(=O)CC1CCCCC1. The molecule has 1 heterocycles. The minimum atomic E-state index is -3.56. The number of aromatic nitrogens is 1. The highest BCUT2D eigenvalue weighted by atomic mass is 32.2. The molecule has 5 nitrogen and oxygen atoms in total. The van der Waals surface area contributed by atoms with Gasteiger partial charge in [0.25, 0.3) is 0 Å². The van der Waals surface area contributed by atoms with Gasteiger partial charge in [-0.05, 0) is 24.8 Å². The number of rotatable bonds is 4. The summed E-state index contributed by atoms with van der Waals surface area (Å²) in [5, 5.41) is 9.03. The molecule has 104 valence electrons. The lowest BCUT2D eigenvalue weighted by Gasteiger charge is -2.21. The van der Waals surface area contributed by atoms with Crippen molar-refractivity contribution in [2.24, 2.45) is 5.92 Å². The molecule has 0 aliphatic heterocycles. The lowest BCUT2D eigenvalue weighted by molar-refractivity contribution is 0.0692. The first-order valence-electron chi connectivity index (χ1n) is 6.41. The van der Waals surface area contributed by atoms with Gasteiger partial charge in [0.1, 0.15) is 0 Å². The monoisotopic (exact) mass is 283 g/mol. The molecule has 1 fully saturated rings. The van der Waals surface area contributed by atoms with Gasteiger partial charge in [0.15, 0.2) is 9.84 Å². The van der Waals surface area contributed by atoms with Crippen LogP contribution in [0.3, 0.4) is 0 Å². The second kappa shape index (κ2) is 5.69. The van der Waals surface area contributed by atoms with Crippen molar-refractivity contribution in [3.63, 3.8) is 0 Å². The van der Waals surface area contributed by atoms with E-state index in [0.29, 0.717) is 0 Å². The zero-order valence-electron chi connectivity index (χ0n) is 10.6. The van der Waals surface area contributed by atoms with E-state index in [9.17, 15) is 13.2 Å². The second-order valence-corrected chi connectivity index (χ2v) is 6.97. The molecule has 0 bridgehead atoms. The average Bonchev–Trinajstić information content (AvgIpc) is 2.39. The van der Waals surface area contributed by atoms with Gasteiger partial charge in [-0.25, -0.2) is 13.2 Å². The van der Waals surface area contributed by atoms with Crippen molar-refractivity contribution in [1.29, 1.82) is 0 Å². The molecule has 1 saturated carbocycles. The molecule has 0 amide bonds. The van der Waals surface area contributed by atoms with E-state index >= 15 is 0 Å². The molecule has 0 unspecified atom stereocenters. The Labute approximate surface area is 112 Å². The van der Waals surface area contributed by atoms with Crippen LogP contribution in [0.5, 0.6) is 0 Å². The molecule has 1 N–H and O–H groups in total. The van der Waals surface area contributed by atoms with Crippen molar-refractivity contribution in [3.05, 3.63) is 24.0 Å². The minimum Gasteiger partial charge on any atom is -0.478 e. The van der Waals surface area contributed by atoms with Gasteiger partial charge in [-0.2, -0.15) is 0 Å². The second-order valence-electron chi connectivity index (χ2n) is 4.96. The van der Waals surface area contributed by atoms with Crippen molar-refractivity contribution >= 4 is 15.8 Å². The van der Waals surface area contributed by atoms with E-state index < -0.39 is 15.8 Å². The predicted octanol–water partition coefficient (Wildman–Crippen LogP) is 2.13. The highest BCUT2D eigenvalue weighted by Gasteiger charge is 2.26. The molecule has 0 saturated heterocycles. The molecule has 1 aliphatic carbocycles. The summed E-state index contributed by atoms with van der Waals surface area (Å²) in [6, 6.07) is 1.28. The molecule has 19 heavy (non-hydrogen) atoms. The van der Waals surface area contributed by atoms with Crippen molar-refractivity contribution in [2.45, 2.75) is 37.0 Å². The molecular formula is C13H17NO4S. The molecule has 1 aliphatic rings. The molecule has 6 heteroatoms. The Morgan fingerprint density at radius 3 is 2.63 bits per heavy atom. The third-order valence-corrected chi connectivity index (χ3v) is 5.46. The zero-order valence-corrected chi connectivity index (χ0v) is 11.4. The first-order valence-corrected chi connectivity index (χ1v) is 8.06. The Hall–Kier alpha value is -1.43. The third-order valence-electron chi connectivity index (χ3n) is 3.53. The standard InChI is InChI=1S/C13H17NO4S/c15-13(16)11-8-14-7-6-12(11)19(17,18)9-10-4-2-1-3-5-10/h6-8,10H,1-5,9H2,(H,15,16). The molecule has 1 aromatic rings. The number of hydrogen-bond acceptors (Lipinski definition) is 4. The number of aromatic carboxylic acids is 1. The zero-order chi connectivity index (χ0) is 13.9. The lowest BCUT2D eigenvalue weighted by atomic mass is 9.91. The van der Waals surface area contributed by atoms with E-state index in [2.05, 4.69) is 4.98 Å². The normalized spacial score (nSPS) is 17.3. The van der Waals surface area contributed by atoms with Crippen LogP contribution in [-0.4, -0.2) is 30.2 Å². The number of nitrogens with zero attached hydrogens (tertiary/aromatic N) is 1. The van der Waals surface area contributed by atoms with Crippen LogP contribution in [-0.2, 0) is 9.84 Å². The fraction of sp³-hybridized carbons (Fsp3) is 0.538. The van der Waals surface area contributed by atoms with Crippen LogP contribution in [0.25, 0.3) is 0 Å². The van der Waals surface area contributed by atoms with Crippen molar-refractivity contribution in [2.75, 3.05) is 5.75 Å². The maximum atomic E-state index is 12.3. The van der Waals surface area contributed by atoms with Gasteiger partial charge >= 0.3 is 5.97 Å². The van der Waals surface area contributed by atoms with Crippen LogP contribution in [0.4, 0.5) is 0 Å². The number of carboxylic acid groups (broad SMARTS) is 1. The Morgan fingerprint density at radius 2 is 2.00 bits per heavy atom. The van der Waals surface area contributed by atoms with Crippen LogP contribution < -0.4 is 0 Å². The molecule has 0 spiro atoms. The quantitative estimate of drug-likeness (QED) is 0.915. The summed E-state index contributed by atoms with van der Waals surface area (Å²) in [7, 11) is -3.56. The summed E-state index contributed by atoms with van der Waals surface area (Å²) < 4.78 is 24.7. The van der Waals surface area contributed by atoms with E-state index in [1.54, 1.807) is 0 Å². The number of pyridine rings is 1. The van der Waals surface area contributed by atoms with Gasteiger partial charge < -0.3 is 5.11 Å². The fourth-order valence-corrected chi connectivity index (χ4v) is 4.44. The van der Waals surface area contributed by atoms with Crippen molar-refractivity contribution in [1.82, 2.24) is 4.98 Å². The number of carboxylic acids is 1. The highest BCUT2D eigenvalue weighted by molar-refractivity contribution is 7.91. The Balaban J connectivity index is 2.26. The topological polar surface area (TPSA) is 84.3 Å². The molecule has 2 rings (SSSR count). The summed E-state index contributed by atoms with van der Waals surface area (Å²) in [4.78, 5) is 14.6. The van der Waals surface area contributed by atoms with Gasteiger partial charge in [0.05, 0.1) is 16.2 Å². The lowest BCUT2D eigenvalue weighted by Crippen LogP contribution is -2.20. The molecule has 0 aromatic carbocycles. The van der Waals surface area contributed by atoms with Gasteiger partial charge in [0, 0.05) is 12.4 Å². The van der Waals surface area contributed by atoms with Crippen LogP contribution in [0.2, 0.25) is 0 Å². The van der Waals surface area contributed by atoms with Gasteiger partial charge in [-0.1, -0.05) is 19.3 Å². The molecule has 0 radical (unpaired) electrons. The highest BCUT2D eigenvalue weighted by Crippen LogP contribution is 2.27. The van der Waals surface area contributed by atoms with Gasteiger partial charge in [-0.15, -0.1) is 0 Å². The molecular weight excluding hydrogens is 266 g/mol. The summed E-state index contributed by atoms with van der Waals surface area (Å²) in [6.45, 7) is 0. The van der Waals surface area contributed by atoms with Crippen LogP contribution >= 0.6 is 0 Å². The Kier molecular flexibility index (Phi) is 4.19. The summed E-state index contributed by atoms with van der Waals surface area (Å²) >= 11 is 0. The maximum Gasteiger partial charge on any atom is 0.338 e. The Morgan fingerprint density at radius 1 is 1.32 bits per heavy atom. The minimum absolute atomic E-state index is 0.0390. The van der Waals surface area contributed by atoms with E-state index in [-0.39, 0.29) is 22.1 Å². The van der Waals surface area contributed by atoms with Crippen LogP contribution in [0, 0.1) is 5.92 Å². The third kappa shape index (κ3) is 3.32. The summed E-state index contributed by atoms with van der Waals surface area (Å²) in [6.07, 6.45) is 7.51. The smallest absolute Gasteiger partial charge is 0.338 e. The van der Waals surface area contributed by atoms with E-state index in [1.165, 1.54) is 12.3 Å². The number of carbonyl (C=O) groups is 1. The largest absolute Gasteiger partial charge is 0.478 e. The van der Waals surface area contributed by atoms with Crippen molar-refractivity contribution < 1.29 is 18.3 Å². The van der Waals surface area contributed by atoms with Crippen LogP contribution in [0.15, 0.2) is 23.4 Å². The number of sulfone groups is 1. The first kappa shape index (κ1) is 14.0. The number of hydrogen-bond donors (Lipinski definition) is 1.